The number of benzene rings is 1. The molecule has 1 aliphatic heterocycles. The van der Waals surface area contributed by atoms with Gasteiger partial charge in [-0.25, -0.2) is 4.79 Å². The fourth-order valence-electron chi connectivity index (χ4n) is 3.44. The summed E-state index contributed by atoms with van der Waals surface area (Å²) >= 11 is 0. The van der Waals surface area contributed by atoms with Crippen molar-refractivity contribution in [1.29, 1.82) is 5.41 Å². The Morgan fingerprint density at radius 2 is 1.90 bits per heavy atom. The van der Waals surface area contributed by atoms with E-state index in [1.54, 1.807) is 29.2 Å². The number of likely N-dealkylation sites (tertiary alicyclic amines) is 1. The largest absolute Gasteiger partial charge is 0.493 e. The summed E-state index contributed by atoms with van der Waals surface area (Å²) in [4.78, 5) is 25.4. The molecule has 0 radical (unpaired) electrons. The lowest BCUT2D eigenvalue weighted by Crippen LogP contribution is -2.40. The van der Waals surface area contributed by atoms with E-state index in [-0.39, 0.29) is 24.4 Å². The molecule has 1 heterocycles. The average molecular weight is 429 g/mol. The van der Waals surface area contributed by atoms with Crippen LogP contribution >= 0.6 is 0 Å². The molecule has 7 heteroatoms. The van der Waals surface area contributed by atoms with Crippen molar-refractivity contribution in [3.05, 3.63) is 48.1 Å². The lowest BCUT2D eigenvalue weighted by Gasteiger charge is -2.31. The first-order chi connectivity index (χ1) is 14.9. The van der Waals surface area contributed by atoms with Gasteiger partial charge in [0.05, 0.1) is 20.3 Å². The number of piperidine rings is 1. The van der Waals surface area contributed by atoms with Gasteiger partial charge in [0, 0.05) is 36.7 Å². The molecule has 1 aromatic rings. The molecule has 0 bridgehead atoms. The molecule has 0 unspecified atom stereocenters. The van der Waals surface area contributed by atoms with Crippen LogP contribution in [0.4, 0.5) is 4.79 Å². The third-order valence-electron chi connectivity index (χ3n) is 5.30. The van der Waals surface area contributed by atoms with E-state index in [1.807, 2.05) is 13.0 Å². The molecular weight excluding hydrogens is 396 g/mol. The van der Waals surface area contributed by atoms with Gasteiger partial charge in [-0.05, 0) is 50.5 Å². The van der Waals surface area contributed by atoms with E-state index in [1.165, 1.54) is 14.0 Å². The van der Waals surface area contributed by atoms with Crippen molar-refractivity contribution in [2.24, 2.45) is 5.92 Å². The minimum absolute atomic E-state index is 0.0407. The van der Waals surface area contributed by atoms with Crippen molar-refractivity contribution in [3.8, 4) is 11.5 Å². The summed E-state index contributed by atoms with van der Waals surface area (Å²) in [7, 11) is 1.52. The molecule has 1 saturated heterocycles. The molecular formula is C24H32N2O5. The van der Waals surface area contributed by atoms with Gasteiger partial charge in [-0.3, -0.25) is 4.79 Å². The topological polar surface area (TPSA) is 88.9 Å². The van der Waals surface area contributed by atoms with Gasteiger partial charge in [0.15, 0.2) is 17.3 Å². The molecule has 0 aromatic heterocycles. The van der Waals surface area contributed by atoms with Crippen LogP contribution in [-0.2, 0) is 4.74 Å². The maximum Gasteiger partial charge on any atom is 0.409 e. The Morgan fingerprint density at radius 1 is 1.19 bits per heavy atom. The molecule has 1 N–H and O–H groups in total. The second-order valence-corrected chi connectivity index (χ2v) is 7.50. The van der Waals surface area contributed by atoms with Crippen LogP contribution in [0.1, 0.15) is 43.5 Å². The van der Waals surface area contributed by atoms with Gasteiger partial charge in [-0.1, -0.05) is 18.7 Å². The summed E-state index contributed by atoms with van der Waals surface area (Å²) in [5, 5.41) is 8.26. The Morgan fingerprint density at radius 3 is 2.52 bits per heavy atom. The third kappa shape index (κ3) is 6.98. The molecule has 168 valence electrons. The molecule has 1 aliphatic rings. The first kappa shape index (κ1) is 24.2. The number of hydrogen-bond acceptors (Lipinski definition) is 6. The Bertz CT molecular complexity index is 838. The maximum atomic E-state index is 12.3. The molecule has 31 heavy (non-hydrogen) atoms. The zero-order valence-corrected chi connectivity index (χ0v) is 18.6. The van der Waals surface area contributed by atoms with Crippen LogP contribution in [0, 0.1) is 11.3 Å². The number of ketones is 1. The van der Waals surface area contributed by atoms with Gasteiger partial charge in [0.1, 0.15) is 0 Å². The van der Waals surface area contributed by atoms with Crippen molar-refractivity contribution < 1.29 is 23.8 Å². The van der Waals surface area contributed by atoms with E-state index in [2.05, 4.69) is 6.58 Å². The van der Waals surface area contributed by atoms with Crippen molar-refractivity contribution in [3.63, 3.8) is 0 Å². The van der Waals surface area contributed by atoms with Crippen LogP contribution in [-0.4, -0.2) is 55.9 Å². The van der Waals surface area contributed by atoms with E-state index in [0.717, 1.165) is 18.4 Å². The Hall–Kier alpha value is -3.09. The number of methoxy groups -OCH3 is 1. The Labute approximate surface area is 184 Å². The van der Waals surface area contributed by atoms with Gasteiger partial charge < -0.3 is 24.5 Å². The molecule has 2 rings (SSSR count). The van der Waals surface area contributed by atoms with Crippen molar-refractivity contribution in [1.82, 2.24) is 4.90 Å². The van der Waals surface area contributed by atoms with Crippen LogP contribution in [0.5, 0.6) is 11.5 Å². The number of amides is 1. The zero-order chi connectivity index (χ0) is 22.8. The Kier molecular flexibility index (Phi) is 9.31. The minimum Gasteiger partial charge on any atom is -0.493 e. The Balaban J connectivity index is 1.70. The monoisotopic (exact) mass is 428 g/mol. The first-order valence-electron chi connectivity index (χ1n) is 10.5. The van der Waals surface area contributed by atoms with Crippen molar-refractivity contribution in [2.45, 2.75) is 33.1 Å². The summed E-state index contributed by atoms with van der Waals surface area (Å²) in [5.74, 6) is 1.17. The minimum atomic E-state index is -0.327. The lowest BCUT2D eigenvalue weighted by atomic mass is 9.88. The second-order valence-electron chi connectivity index (χ2n) is 7.50. The zero-order valence-electron chi connectivity index (χ0n) is 18.6. The standard InChI is InChI=1S/C24H32N2O5/c1-5-7-17(2)23(25)19-10-12-26(13-11-19)24(28)31-15-6-14-30-21-9-8-20(18(3)27)16-22(21)29-4/h5,7-9,16,19,25H,1,6,10-15H2,2-4H3. The van der Waals surface area contributed by atoms with Crippen LogP contribution in [0.15, 0.2) is 42.5 Å². The van der Waals surface area contributed by atoms with Crippen LogP contribution in [0.3, 0.4) is 0 Å². The molecule has 1 aromatic carbocycles. The summed E-state index contributed by atoms with van der Waals surface area (Å²) < 4.78 is 16.3. The number of Topliss-reactive ketones (excluding diaryl/α,β-unsaturated/α-hetero) is 1. The fourth-order valence-corrected chi connectivity index (χ4v) is 3.44. The summed E-state index contributed by atoms with van der Waals surface area (Å²) in [5.41, 5.74) is 2.10. The number of hydrogen-bond donors (Lipinski definition) is 1. The molecule has 0 aliphatic carbocycles. The van der Waals surface area contributed by atoms with Crippen molar-refractivity contribution >= 4 is 17.6 Å². The predicted molar refractivity (Wildman–Crippen MR) is 120 cm³/mol. The van der Waals surface area contributed by atoms with E-state index < -0.39 is 0 Å². The van der Waals surface area contributed by atoms with Gasteiger partial charge in [0.2, 0.25) is 0 Å². The van der Waals surface area contributed by atoms with Gasteiger partial charge in [-0.2, -0.15) is 0 Å². The summed E-state index contributed by atoms with van der Waals surface area (Å²) in [6, 6.07) is 5.04. The quantitative estimate of drug-likeness (QED) is 0.253. The smallest absolute Gasteiger partial charge is 0.409 e. The van der Waals surface area contributed by atoms with Crippen LogP contribution < -0.4 is 9.47 Å². The molecule has 7 nitrogen and oxygen atoms in total. The molecule has 0 saturated carbocycles. The first-order valence-corrected chi connectivity index (χ1v) is 10.5. The number of ether oxygens (including phenoxy) is 3. The molecule has 1 fully saturated rings. The normalized spacial score (nSPS) is 14.7. The molecule has 0 spiro atoms. The highest BCUT2D eigenvalue weighted by Gasteiger charge is 2.26. The summed E-state index contributed by atoms with van der Waals surface area (Å²) in [6.45, 7) is 8.87. The lowest BCUT2D eigenvalue weighted by molar-refractivity contribution is 0.0873. The average Bonchev–Trinajstić information content (AvgIpc) is 2.78. The van der Waals surface area contributed by atoms with Crippen molar-refractivity contribution in [2.75, 3.05) is 33.4 Å². The van der Waals surface area contributed by atoms with Gasteiger partial charge in [-0.15, -0.1) is 0 Å². The number of allylic oxidation sites excluding steroid dienone is 3. The number of rotatable bonds is 10. The number of nitrogens with one attached hydrogen (secondary N) is 1. The highest BCUT2D eigenvalue weighted by atomic mass is 16.6. The predicted octanol–water partition coefficient (Wildman–Crippen LogP) is 4.67. The maximum absolute atomic E-state index is 12.3. The number of carbonyl (C=O) groups is 2. The second kappa shape index (κ2) is 11.9. The van der Waals surface area contributed by atoms with Crippen LogP contribution in [0.25, 0.3) is 0 Å². The third-order valence-corrected chi connectivity index (χ3v) is 5.30. The van der Waals surface area contributed by atoms with E-state index in [4.69, 9.17) is 19.6 Å². The highest BCUT2D eigenvalue weighted by molar-refractivity contribution is 5.99. The number of carbonyl (C=O) groups excluding carboxylic acids is 2. The highest BCUT2D eigenvalue weighted by Crippen LogP contribution is 2.28. The molecule has 1 amide bonds. The van der Waals surface area contributed by atoms with E-state index >= 15 is 0 Å². The SMILES string of the molecule is C=CC=C(C)C(=N)C1CCN(C(=O)OCCCOc2ccc(C(C)=O)cc2OC)CC1. The van der Waals surface area contributed by atoms with E-state index in [9.17, 15) is 9.59 Å². The number of nitrogens with zero attached hydrogens (tertiary/aromatic N) is 1. The van der Waals surface area contributed by atoms with Crippen LogP contribution in [0.2, 0.25) is 0 Å². The van der Waals surface area contributed by atoms with Gasteiger partial charge >= 0.3 is 6.09 Å². The fraction of sp³-hybridized carbons (Fsp3) is 0.458. The molecule has 0 atom stereocenters. The van der Waals surface area contributed by atoms with E-state index in [0.29, 0.717) is 48.9 Å². The van der Waals surface area contributed by atoms with Gasteiger partial charge in [0.25, 0.3) is 0 Å². The summed E-state index contributed by atoms with van der Waals surface area (Å²) in [6.07, 6.45) is 5.27.